The molecule has 206 valence electrons. The highest BCUT2D eigenvalue weighted by Gasteiger charge is 2.42. The maximum atomic E-state index is 13.5. The lowest BCUT2D eigenvalue weighted by atomic mass is 9.89. The molecule has 2 heterocycles. The van der Waals surface area contributed by atoms with Crippen molar-refractivity contribution in [1.29, 1.82) is 0 Å². The second-order valence-corrected chi connectivity index (χ2v) is 10.3. The summed E-state index contributed by atoms with van der Waals surface area (Å²) in [4.78, 5) is 29.1. The van der Waals surface area contributed by atoms with Crippen LogP contribution >= 0.6 is 11.6 Å². The standard InChI is InChI=1S/C28H27ClF3N3O4/c1-38-23-5-3-2-4-18(23)26-20(13-25(36)39-26)27(37)34-17-9-7-16(8-10-17)33-22-14-24(28(30,31)32)35-21-11-6-15(29)12-19(21)22/h2-6,11-12,14,16-17,20,26H,7-10,13H2,1H3,(H,33,35)(H,34,37)/t16-,17+,20-,26+/m1/s1. The first-order valence-corrected chi connectivity index (χ1v) is 13.1. The number of esters is 1. The number of pyridine rings is 1. The Morgan fingerprint density at radius 3 is 2.51 bits per heavy atom. The third-order valence-electron chi connectivity index (χ3n) is 7.29. The lowest BCUT2D eigenvalue weighted by Gasteiger charge is -2.31. The highest BCUT2D eigenvalue weighted by atomic mass is 35.5. The van der Waals surface area contributed by atoms with Gasteiger partial charge in [0, 0.05) is 33.7 Å². The zero-order valence-electron chi connectivity index (χ0n) is 21.1. The number of cyclic esters (lactones) is 1. The predicted molar refractivity (Wildman–Crippen MR) is 139 cm³/mol. The van der Waals surface area contributed by atoms with Crippen LogP contribution in [0.4, 0.5) is 18.9 Å². The molecule has 5 rings (SSSR count). The van der Waals surface area contributed by atoms with E-state index in [9.17, 15) is 22.8 Å². The molecule has 0 unspecified atom stereocenters. The first-order valence-electron chi connectivity index (χ1n) is 12.7. The van der Waals surface area contributed by atoms with Gasteiger partial charge in [0.25, 0.3) is 0 Å². The van der Waals surface area contributed by atoms with Crippen molar-refractivity contribution in [2.75, 3.05) is 12.4 Å². The molecule has 1 saturated carbocycles. The zero-order chi connectivity index (χ0) is 27.7. The van der Waals surface area contributed by atoms with Crippen LogP contribution in [-0.2, 0) is 20.5 Å². The average Bonchev–Trinajstić information content (AvgIpc) is 3.31. The monoisotopic (exact) mass is 561 g/mol. The van der Waals surface area contributed by atoms with E-state index in [1.165, 1.54) is 19.2 Å². The van der Waals surface area contributed by atoms with Gasteiger partial charge in [-0.15, -0.1) is 0 Å². The number of carbonyl (C=O) groups excluding carboxylic acids is 2. The van der Waals surface area contributed by atoms with Crippen molar-refractivity contribution in [2.45, 2.75) is 56.5 Å². The van der Waals surface area contributed by atoms with Crippen LogP contribution in [-0.4, -0.2) is 36.1 Å². The molecule has 3 aromatic rings. The van der Waals surface area contributed by atoms with Gasteiger partial charge in [0.1, 0.15) is 17.5 Å². The Labute approximate surface area is 228 Å². The minimum atomic E-state index is -4.58. The van der Waals surface area contributed by atoms with E-state index in [0.29, 0.717) is 53.1 Å². The fraction of sp³-hybridized carbons (Fsp3) is 0.393. The number of hydrogen-bond donors (Lipinski definition) is 2. The molecule has 2 N–H and O–H groups in total. The van der Waals surface area contributed by atoms with E-state index in [4.69, 9.17) is 21.1 Å². The zero-order valence-corrected chi connectivity index (χ0v) is 21.8. The lowest BCUT2D eigenvalue weighted by molar-refractivity contribution is -0.142. The molecule has 0 radical (unpaired) electrons. The van der Waals surface area contributed by atoms with Crippen LogP contribution < -0.4 is 15.4 Å². The molecule has 7 nitrogen and oxygen atoms in total. The summed E-state index contributed by atoms with van der Waals surface area (Å²) in [5.74, 6) is -0.849. The Balaban J connectivity index is 1.24. The number of rotatable bonds is 6. The number of carbonyl (C=O) groups is 2. The van der Waals surface area contributed by atoms with Crippen LogP contribution in [0.15, 0.2) is 48.5 Å². The van der Waals surface area contributed by atoms with Crippen LogP contribution in [0.1, 0.15) is 49.5 Å². The van der Waals surface area contributed by atoms with Crippen molar-refractivity contribution < 1.29 is 32.2 Å². The van der Waals surface area contributed by atoms with E-state index in [1.54, 1.807) is 30.3 Å². The number of nitrogens with one attached hydrogen (secondary N) is 2. The molecule has 1 aliphatic carbocycles. The molecule has 11 heteroatoms. The number of ether oxygens (including phenoxy) is 2. The molecule has 1 aliphatic heterocycles. The lowest BCUT2D eigenvalue weighted by Crippen LogP contribution is -2.43. The summed E-state index contributed by atoms with van der Waals surface area (Å²) in [5.41, 5.74) is 0.194. The summed E-state index contributed by atoms with van der Waals surface area (Å²) < 4.78 is 51.3. The van der Waals surface area contributed by atoms with Gasteiger partial charge in [0.05, 0.1) is 25.0 Å². The van der Waals surface area contributed by atoms with Gasteiger partial charge in [0.2, 0.25) is 5.91 Å². The number of hydrogen-bond acceptors (Lipinski definition) is 6. The molecular weight excluding hydrogens is 535 g/mol. The summed E-state index contributed by atoms with van der Waals surface area (Å²) in [7, 11) is 1.52. The first-order chi connectivity index (χ1) is 18.6. The number of nitrogens with zero attached hydrogens (tertiary/aromatic N) is 1. The first kappa shape index (κ1) is 27.1. The number of fused-ring (bicyclic) bond motifs is 1. The maximum absolute atomic E-state index is 13.5. The van der Waals surface area contributed by atoms with Gasteiger partial charge in [-0.25, -0.2) is 4.98 Å². The molecule has 2 aliphatic rings. The van der Waals surface area contributed by atoms with Crippen molar-refractivity contribution in [3.05, 3.63) is 64.8 Å². The van der Waals surface area contributed by atoms with Gasteiger partial charge >= 0.3 is 12.1 Å². The van der Waals surface area contributed by atoms with Gasteiger partial charge < -0.3 is 20.1 Å². The number of amides is 1. The Hall–Kier alpha value is -3.53. The van der Waals surface area contributed by atoms with Gasteiger partial charge in [-0.3, -0.25) is 9.59 Å². The van der Waals surface area contributed by atoms with E-state index in [-0.39, 0.29) is 29.9 Å². The van der Waals surface area contributed by atoms with Crippen molar-refractivity contribution in [1.82, 2.24) is 10.3 Å². The molecule has 2 atom stereocenters. The normalized spacial score (nSPS) is 23.4. The maximum Gasteiger partial charge on any atom is 0.433 e. The smallest absolute Gasteiger partial charge is 0.433 e. The van der Waals surface area contributed by atoms with Gasteiger partial charge in [0.15, 0.2) is 0 Å². The molecule has 0 bridgehead atoms. The topological polar surface area (TPSA) is 89.5 Å². The van der Waals surface area contributed by atoms with Crippen molar-refractivity contribution in [3.63, 3.8) is 0 Å². The molecule has 2 aromatic carbocycles. The number of halogens is 4. The van der Waals surface area contributed by atoms with E-state index >= 15 is 0 Å². The van der Waals surface area contributed by atoms with Crippen LogP contribution in [0.2, 0.25) is 5.02 Å². The Bertz CT molecular complexity index is 1390. The van der Waals surface area contributed by atoms with Crippen molar-refractivity contribution in [2.24, 2.45) is 5.92 Å². The quantitative estimate of drug-likeness (QED) is 0.356. The average molecular weight is 562 g/mol. The summed E-state index contributed by atoms with van der Waals surface area (Å²) in [6.45, 7) is 0. The van der Waals surface area contributed by atoms with Crippen LogP contribution in [0.5, 0.6) is 5.75 Å². The minimum absolute atomic E-state index is 0.0232. The fourth-order valence-corrected chi connectivity index (χ4v) is 5.52. The highest BCUT2D eigenvalue weighted by Crippen LogP contribution is 2.40. The summed E-state index contributed by atoms with van der Waals surface area (Å²) in [6, 6.07) is 12.5. The van der Waals surface area contributed by atoms with Gasteiger partial charge in [-0.2, -0.15) is 13.2 Å². The highest BCUT2D eigenvalue weighted by molar-refractivity contribution is 6.31. The van der Waals surface area contributed by atoms with E-state index in [2.05, 4.69) is 15.6 Å². The number of methoxy groups -OCH3 is 1. The van der Waals surface area contributed by atoms with Crippen LogP contribution in [0.3, 0.4) is 0 Å². The third kappa shape index (κ3) is 5.90. The van der Waals surface area contributed by atoms with E-state index in [1.807, 2.05) is 0 Å². The Morgan fingerprint density at radius 2 is 1.79 bits per heavy atom. The Morgan fingerprint density at radius 1 is 1.08 bits per heavy atom. The third-order valence-corrected chi connectivity index (χ3v) is 7.52. The second kappa shape index (κ2) is 10.9. The number of alkyl halides is 3. The molecule has 2 fully saturated rings. The second-order valence-electron chi connectivity index (χ2n) is 9.88. The molecule has 0 spiro atoms. The number of aromatic nitrogens is 1. The molecule has 39 heavy (non-hydrogen) atoms. The molecule has 1 saturated heterocycles. The molecular formula is C28H27ClF3N3O4. The molecule has 1 amide bonds. The summed E-state index contributed by atoms with van der Waals surface area (Å²) in [5, 5.41) is 7.22. The number of anilines is 1. The van der Waals surface area contributed by atoms with E-state index < -0.39 is 29.9 Å². The SMILES string of the molecule is COc1ccccc1[C@@H]1OC(=O)C[C@H]1C(=O)N[C@H]1CC[C@@H](Nc2cc(C(F)(F)F)nc3ccc(Cl)cc23)CC1. The van der Waals surface area contributed by atoms with Crippen molar-refractivity contribution >= 4 is 40.1 Å². The summed E-state index contributed by atoms with van der Waals surface area (Å²) >= 11 is 6.10. The largest absolute Gasteiger partial charge is 0.496 e. The fourth-order valence-electron chi connectivity index (χ4n) is 5.34. The minimum Gasteiger partial charge on any atom is -0.496 e. The van der Waals surface area contributed by atoms with Gasteiger partial charge in [-0.1, -0.05) is 29.8 Å². The number of benzene rings is 2. The van der Waals surface area contributed by atoms with Crippen molar-refractivity contribution in [3.8, 4) is 5.75 Å². The van der Waals surface area contributed by atoms with E-state index in [0.717, 1.165) is 6.07 Å². The Kier molecular flexibility index (Phi) is 7.57. The van der Waals surface area contributed by atoms with Gasteiger partial charge in [-0.05, 0) is 56.0 Å². The predicted octanol–water partition coefficient (Wildman–Crippen LogP) is 6.06. The summed E-state index contributed by atoms with van der Waals surface area (Å²) in [6.07, 6.45) is -2.83. The van der Waals surface area contributed by atoms with Crippen LogP contribution in [0.25, 0.3) is 10.9 Å². The number of para-hydroxylation sites is 1. The van der Waals surface area contributed by atoms with Crippen LogP contribution in [0, 0.1) is 5.92 Å². The molecule has 1 aromatic heterocycles.